The topological polar surface area (TPSA) is 95.7 Å². The van der Waals surface area contributed by atoms with Crippen molar-refractivity contribution >= 4 is 11.8 Å². The maximum atomic E-state index is 5.79. The molecular weight excluding hydrogens is 300 g/mol. The van der Waals surface area contributed by atoms with Gasteiger partial charge in [0.25, 0.3) is 0 Å². The number of thioether (sulfide) groups is 1. The van der Waals surface area contributed by atoms with E-state index in [-0.39, 0.29) is 0 Å². The van der Waals surface area contributed by atoms with E-state index in [0.717, 1.165) is 12.0 Å². The number of nitrogens with zero attached hydrogens (tertiary/aromatic N) is 5. The molecule has 0 unspecified atom stereocenters. The van der Waals surface area contributed by atoms with Crippen LogP contribution in [0.3, 0.4) is 0 Å². The fraction of sp³-hybridized carbons (Fsp3) is 0.286. The lowest BCUT2D eigenvalue weighted by Gasteiger charge is -1.98. The smallest absolute Gasteiger partial charge is 0.237 e. The summed E-state index contributed by atoms with van der Waals surface area (Å²) >= 11 is 1.40. The van der Waals surface area contributed by atoms with Gasteiger partial charge in [-0.3, -0.25) is 0 Å². The summed E-state index contributed by atoms with van der Waals surface area (Å²) in [6, 6.07) is 8.14. The number of benzene rings is 1. The van der Waals surface area contributed by atoms with Crippen molar-refractivity contribution in [2.75, 3.05) is 5.84 Å². The Morgan fingerprint density at radius 1 is 1.23 bits per heavy atom. The van der Waals surface area contributed by atoms with E-state index >= 15 is 0 Å². The minimum atomic E-state index is 0.495. The summed E-state index contributed by atoms with van der Waals surface area (Å²) in [6.07, 6.45) is 1.01. The lowest BCUT2D eigenvalue weighted by molar-refractivity contribution is 0.391. The van der Waals surface area contributed by atoms with Crippen molar-refractivity contribution in [3.8, 4) is 11.4 Å². The lowest BCUT2D eigenvalue weighted by Crippen LogP contribution is -2.11. The standard InChI is InChI=1S/C14H16N6OS/c1-3-10-4-6-11(7-5-10)13-16-12(21-19-13)8-22-14-18-17-9(2)20(14)15/h4-7H,3,8,15H2,1-2H3. The molecule has 0 atom stereocenters. The summed E-state index contributed by atoms with van der Waals surface area (Å²) in [7, 11) is 0. The summed E-state index contributed by atoms with van der Waals surface area (Å²) in [5, 5.41) is 12.5. The largest absolute Gasteiger partial charge is 0.338 e. The number of aryl methyl sites for hydroxylation is 2. The summed E-state index contributed by atoms with van der Waals surface area (Å²) in [6.45, 7) is 3.92. The summed E-state index contributed by atoms with van der Waals surface area (Å²) in [4.78, 5) is 4.39. The van der Waals surface area contributed by atoms with E-state index in [2.05, 4.69) is 39.4 Å². The predicted octanol–water partition coefficient (Wildman–Crippen LogP) is 2.21. The van der Waals surface area contributed by atoms with Gasteiger partial charge in [0, 0.05) is 5.56 Å². The van der Waals surface area contributed by atoms with Crippen molar-refractivity contribution in [1.29, 1.82) is 0 Å². The van der Waals surface area contributed by atoms with E-state index in [1.807, 2.05) is 12.1 Å². The molecule has 1 aromatic carbocycles. The van der Waals surface area contributed by atoms with Crippen LogP contribution in [0.2, 0.25) is 0 Å². The second-order valence-corrected chi connectivity index (χ2v) is 5.69. The van der Waals surface area contributed by atoms with E-state index in [1.165, 1.54) is 22.0 Å². The second-order valence-electron chi connectivity index (χ2n) is 4.75. The Bertz CT molecular complexity index is 764. The average Bonchev–Trinajstić information content (AvgIpc) is 3.14. The van der Waals surface area contributed by atoms with E-state index < -0.39 is 0 Å². The molecule has 0 saturated heterocycles. The zero-order chi connectivity index (χ0) is 15.5. The Hall–Kier alpha value is -2.35. The molecule has 0 radical (unpaired) electrons. The molecule has 3 rings (SSSR count). The predicted molar refractivity (Wildman–Crippen MR) is 83.6 cm³/mol. The number of hydrogen-bond donors (Lipinski definition) is 1. The van der Waals surface area contributed by atoms with Crippen LogP contribution in [0.5, 0.6) is 0 Å². The van der Waals surface area contributed by atoms with Gasteiger partial charge in [-0.2, -0.15) is 4.98 Å². The Kier molecular flexibility index (Phi) is 4.10. The summed E-state index contributed by atoms with van der Waals surface area (Å²) < 4.78 is 6.70. The van der Waals surface area contributed by atoms with Crippen molar-refractivity contribution in [3.63, 3.8) is 0 Å². The minimum absolute atomic E-state index is 0.495. The van der Waals surface area contributed by atoms with Crippen LogP contribution >= 0.6 is 11.8 Å². The number of rotatable bonds is 5. The van der Waals surface area contributed by atoms with Crippen LogP contribution in [0.1, 0.15) is 24.2 Å². The van der Waals surface area contributed by atoms with Crippen LogP contribution in [0.15, 0.2) is 33.9 Å². The molecule has 0 aliphatic carbocycles. The molecule has 0 fully saturated rings. The summed E-state index contributed by atoms with van der Waals surface area (Å²) in [5.41, 5.74) is 2.22. The minimum Gasteiger partial charge on any atom is -0.338 e. The molecule has 2 aromatic heterocycles. The maximum Gasteiger partial charge on any atom is 0.237 e. The van der Waals surface area contributed by atoms with Crippen molar-refractivity contribution in [3.05, 3.63) is 41.5 Å². The van der Waals surface area contributed by atoms with Gasteiger partial charge in [0.05, 0.1) is 5.75 Å². The Labute approximate surface area is 131 Å². The van der Waals surface area contributed by atoms with Crippen LogP contribution in [0, 0.1) is 6.92 Å². The average molecular weight is 316 g/mol. The number of nitrogen functional groups attached to an aromatic ring is 1. The normalized spacial score (nSPS) is 11.0. The molecule has 114 valence electrons. The van der Waals surface area contributed by atoms with Crippen molar-refractivity contribution in [2.24, 2.45) is 0 Å². The highest BCUT2D eigenvalue weighted by atomic mass is 32.2. The molecule has 0 saturated carbocycles. The van der Waals surface area contributed by atoms with Crippen LogP contribution in [-0.2, 0) is 12.2 Å². The quantitative estimate of drug-likeness (QED) is 0.569. The van der Waals surface area contributed by atoms with Crippen molar-refractivity contribution in [1.82, 2.24) is 25.0 Å². The van der Waals surface area contributed by atoms with E-state index in [0.29, 0.717) is 28.4 Å². The van der Waals surface area contributed by atoms with Gasteiger partial charge in [-0.1, -0.05) is 48.1 Å². The first-order chi connectivity index (χ1) is 10.7. The van der Waals surface area contributed by atoms with Crippen LogP contribution < -0.4 is 5.84 Å². The molecule has 0 bridgehead atoms. The summed E-state index contributed by atoms with van der Waals surface area (Å²) in [5.74, 6) is 8.06. The van der Waals surface area contributed by atoms with E-state index in [9.17, 15) is 0 Å². The van der Waals surface area contributed by atoms with E-state index in [4.69, 9.17) is 10.4 Å². The molecule has 7 nitrogen and oxygen atoms in total. The van der Waals surface area contributed by atoms with Gasteiger partial charge in [0.1, 0.15) is 5.82 Å². The highest BCUT2D eigenvalue weighted by Crippen LogP contribution is 2.22. The van der Waals surface area contributed by atoms with Crippen LogP contribution in [-0.4, -0.2) is 25.0 Å². The van der Waals surface area contributed by atoms with Gasteiger partial charge >= 0.3 is 0 Å². The zero-order valence-corrected chi connectivity index (χ0v) is 13.2. The van der Waals surface area contributed by atoms with Gasteiger partial charge in [0.2, 0.25) is 16.9 Å². The molecule has 8 heteroatoms. The highest BCUT2D eigenvalue weighted by molar-refractivity contribution is 7.98. The Morgan fingerprint density at radius 2 is 2.00 bits per heavy atom. The first kappa shape index (κ1) is 14.6. The first-order valence-electron chi connectivity index (χ1n) is 6.89. The highest BCUT2D eigenvalue weighted by Gasteiger charge is 2.12. The van der Waals surface area contributed by atoms with Gasteiger partial charge < -0.3 is 10.4 Å². The number of nitrogens with two attached hydrogens (primary N) is 1. The monoisotopic (exact) mass is 316 g/mol. The molecule has 0 spiro atoms. The van der Waals surface area contributed by atoms with Gasteiger partial charge in [-0.25, -0.2) is 4.68 Å². The van der Waals surface area contributed by atoms with Crippen LogP contribution in [0.4, 0.5) is 0 Å². The second kappa shape index (κ2) is 6.18. The van der Waals surface area contributed by atoms with E-state index in [1.54, 1.807) is 6.92 Å². The Balaban J connectivity index is 1.69. The fourth-order valence-corrected chi connectivity index (χ4v) is 2.63. The number of aromatic nitrogens is 5. The fourth-order valence-electron chi connectivity index (χ4n) is 1.89. The SMILES string of the molecule is CCc1ccc(-c2noc(CSc3nnc(C)n3N)n2)cc1. The Morgan fingerprint density at radius 3 is 2.64 bits per heavy atom. The molecular formula is C14H16N6OS. The molecule has 2 N–H and O–H groups in total. The third kappa shape index (κ3) is 2.96. The zero-order valence-electron chi connectivity index (χ0n) is 12.4. The number of hydrogen-bond acceptors (Lipinski definition) is 7. The molecule has 3 aromatic rings. The van der Waals surface area contributed by atoms with Gasteiger partial charge in [-0.05, 0) is 18.9 Å². The van der Waals surface area contributed by atoms with Crippen LogP contribution in [0.25, 0.3) is 11.4 Å². The lowest BCUT2D eigenvalue weighted by atomic mass is 10.1. The molecule has 0 amide bonds. The molecule has 0 aliphatic rings. The third-order valence-corrected chi connectivity index (χ3v) is 4.18. The molecule has 2 heterocycles. The van der Waals surface area contributed by atoms with Gasteiger partial charge in [-0.15, -0.1) is 10.2 Å². The maximum absolute atomic E-state index is 5.79. The van der Waals surface area contributed by atoms with Gasteiger partial charge in [0.15, 0.2) is 0 Å². The van der Waals surface area contributed by atoms with Crippen molar-refractivity contribution < 1.29 is 4.52 Å². The molecule has 22 heavy (non-hydrogen) atoms. The molecule has 0 aliphatic heterocycles. The third-order valence-electron chi connectivity index (χ3n) is 3.25. The van der Waals surface area contributed by atoms with Crippen molar-refractivity contribution in [2.45, 2.75) is 31.2 Å². The first-order valence-corrected chi connectivity index (χ1v) is 7.87.